The van der Waals surface area contributed by atoms with E-state index >= 15 is 0 Å². The number of aromatic nitrogens is 5. The van der Waals surface area contributed by atoms with Gasteiger partial charge in [-0.25, -0.2) is 19.6 Å². The third-order valence-electron chi connectivity index (χ3n) is 5.56. The first-order chi connectivity index (χ1) is 16.6. The molecule has 10 nitrogen and oxygen atoms in total. The highest BCUT2D eigenvalue weighted by molar-refractivity contribution is 6.32. The van der Waals surface area contributed by atoms with Gasteiger partial charge in [-0.2, -0.15) is 0 Å². The SMILES string of the molecule is O=C(Nc1ccccn1)[C@H](CN1CC(CO)C1)Oc1ncnc2nn(-c3ccccc3Cl)cc12. The highest BCUT2D eigenvalue weighted by Crippen LogP contribution is 2.26. The summed E-state index contributed by atoms with van der Waals surface area (Å²) in [6, 6.07) is 12.6. The fourth-order valence-electron chi connectivity index (χ4n) is 3.80. The van der Waals surface area contributed by atoms with Crippen LogP contribution in [0.4, 0.5) is 5.82 Å². The van der Waals surface area contributed by atoms with Gasteiger partial charge in [0.1, 0.15) is 17.5 Å². The number of nitrogens with zero attached hydrogens (tertiary/aromatic N) is 6. The summed E-state index contributed by atoms with van der Waals surface area (Å²) in [6.45, 7) is 1.84. The monoisotopic (exact) mass is 479 g/mol. The second kappa shape index (κ2) is 9.72. The van der Waals surface area contributed by atoms with Gasteiger partial charge in [0, 0.05) is 44.6 Å². The largest absolute Gasteiger partial charge is 0.462 e. The van der Waals surface area contributed by atoms with Crippen molar-refractivity contribution < 1.29 is 14.6 Å². The number of para-hydroxylation sites is 1. The van der Waals surface area contributed by atoms with Gasteiger partial charge in [-0.3, -0.25) is 9.69 Å². The van der Waals surface area contributed by atoms with Crippen LogP contribution in [0.25, 0.3) is 16.7 Å². The summed E-state index contributed by atoms with van der Waals surface area (Å²) in [6.07, 6.45) is 3.80. The molecule has 0 bridgehead atoms. The summed E-state index contributed by atoms with van der Waals surface area (Å²) in [7, 11) is 0. The van der Waals surface area contributed by atoms with E-state index in [9.17, 15) is 9.90 Å². The molecule has 1 saturated heterocycles. The van der Waals surface area contributed by atoms with E-state index in [1.54, 1.807) is 41.3 Å². The second-order valence-electron chi connectivity index (χ2n) is 8.02. The van der Waals surface area contributed by atoms with Crippen LogP contribution in [-0.2, 0) is 4.79 Å². The predicted molar refractivity (Wildman–Crippen MR) is 126 cm³/mol. The average molecular weight is 480 g/mol. The number of fused-ring (bicyclic) bond motifs is 1. The number of hydrogen-bond acceptors (Lipinski definition) is 8. The first kappa shape index (κ1) is 22.2. The van der Waals surface area contributed by atoms with Crippen LogP contribution in [0.3, 0.4) is 0 Å². The van der Waals surface area contributed by atoms with E-state index in [-0.39, 0.29) is 24.3 Å². The Bertz CT molecular complexity index is 1290. The number of benzene rings is 1. The normalized spacial score (nSPS) is 15.1. The van der Waals surface area contributed by atoms with Crippen LogP contribution in [0.1, 0.15) is 0 Å². The summed E-state index contributed by atoms with van der Waals surface area (Å²) in [5.74, 6) is 0.525. The number of rotatable bonds is 8. The van der Waals surface area contributed by atoms with E-state index in [2.05, 4.69) is 30.3 Å². The van der Waals surface area contributed by atoms with Crippen molar-refractivity contribution in [3.63, 3.8) is 0 Å². The fourth-order valence-corrected chi connectivity index (χ4v) is 4.02. The number of anilines is 1. The van der Waals surface area contributed by atoms with Gasteiger partial charge in [0.25, 0.3) is 5.91 Å². The van der Waals surface area contributed by atoms with Crippen LogP contribution in [0, 0.1) is 5.92 Å². The summed E-state index contributed by atoms with van der Waals surface area (Å²) in [5, 5.41) is 17.7. The second-order valence-corrected chi connectivity index (χ2v) is 8.43. The molecule has 0 aliphatic carbocycles. The molecule has 1 fully saturated rings. The predicted octanol–water partition coefficient (Wildman–Crippen LogP) is 2.17. The third kappa shape index (κ3) is 4.69. The van der Waals surface area contributed by atoms with E-state index in [1.165, 1.54) is 6.33 Å². The number of carbonyl (C=O) groups is 1. The van der Waals surface area contributed by atoms with Crippen molar-refractivity contribution in [3.05, 3.63) is 66.2 Å². The van der Waals surface area contributed by atoms with Crippen molar-refractivity contribution in [2.75, 3.05) is 31.6 Å². The molecule has 0 unspecified atom stereocenters. The Morgan fingerprint density at radius 1 is 1.18 bits per heavy atom. The zero-order valence-electron chi connectivity index (χ0n) is 18.1. The molecule has 1 amide bonds. The molecule has 4 heterocycles. The van der Waals surface area contributed by atoms with E-state index < -0.39 is 6.10 Å². The number of nitrogens with one attached hydrogen (secondary N) is 1. The fraction of sp³-hybridized carbons (Fsp3) is 0.261. The van der Waals surface area contributed by atoms with E-state index in [1.807, 2.05) is 18.2 Å². The van der Waals surface area contributed by atoms with Gasteiger partial charge in [0.15, 0.2) is 11.8 Å². The molecule has 174 valence electrons. The minimum atomic E-state index is -0.872. The van der Waals surface area contributed by atoms with Gasteiger partial charge < -0.3 is 15.2 Å². The molecule has 3 aromatic heterocycles. The van der Waals surface area contributed by atoms with Crippen molar-refractivity contribution >= 4 is 34.4 Å². The quantitative estimate of drug-likeness (QED) is 0.395. The molecule has 1 aromatic carbocycles. The molecule has 34 heavy (non-hydrogen) atoms. The van der Waals surface area contributed by atoms with Crippen LogP contribution in [0.2, 0.25) is 5.02 Å². The number of hydrogen-bond donors (Lipinski definition) is 2. The Kier molecular flexibility index (Phi) is 6.35. The summed E-state index contributed by atoms with van der Waals surface area (Å²) < 4.78 is 7.74. The van der Waals surface area contributed by atoms with Crippen LogP contribution in [0.15, 0.2) is 61.2 Å². The van der Waals surface area contributed by atoms with Crippen molar-refractivity contribution in [2.24, 2.45) is 5.92 Å². The minimum absolute atomic E-state index is 0.121. The number of likely N-dealkylation sites (tertiary alicyclic amines) is 1. The van der Waals surface area contributed by atoms with Gasteiger partial charge in [0.2, 0.25) is 5.88 Å². The lowest BCUT2D eigenvalue weighted by molar-refractivity contribution is -0.124. The summed E-state index contributed by atoms with van der Waals surface area (Å²) in [5.41, 5.74) is 1.10. The molecule has 1 atom stereocenters. The van der Waals surface area contributed by atoms with Gasteiger partial charge in [0.05, 0.1) is 10.7 Å². The Balaban J connectivity index is 1.42. The van der Waals surface area contributed by atoms with E-state index in [0.717, 1.165) is 0 Å². The molecule has 0 radical (unpaired) electrons. The smallest absolute Gasteiger partial charge is 0.268 e. The lowest BCUT2D eigenvalue weighted by Gasteiger charge is -2.39. The number of ether oxygens (including phenoxy) is 1. The third-order valence-corrected chi connectivity index (χ3v) is 5.88. The zero-order chi connectivity index (χ0) is 23.5. The Hall–Kier alpha value is -3.60. The zero-order valence-corrected chi connectivity index (χ0v) is 18.8. The molecule has 4 aromatic rings. The maximum Gasteiger partial charge on any atom is 0.268 e. The lowest BCUT2D eigenvalue weighted by atomic mass is 10.0. The first-order valence-electron chi connectivity index (χ1n) is 10.8. The lowest BCUT2D eigenvalue weighted by Crippen LogP contribution is -2.54. The van der Waals surface area contributed by atoms with Crippen molar-refractivity contribution in [3.8, 4) is 11.6 Å². The molecular formula is C23H22ClN7O3. The number of aliphatic hydroxyl groups is 1. The van der Waals surface area contributed by atoms with Gasteiger partial charge in [-0.1, -0.05) is 29.8 Å². The molecule has 1 aliphatic rings. The van der Waals surface area contributed by atoms with Gasteiger partial charge >= 0.3 is 0 Å². The van der Waals surface area contributed by atoms with Crippen molar-refractivity contribution in [2.45, 2.75) is 6.10 Å². The number of pyridine rings is 1. The van der Waals surface area contributed by atoms with Gasteiger partial charge in [-0.15, -0.1) is 5.10 Å². The molecule has 0 saturated carbocycles. The Morgan fingerprint density at radius 2 is 2.00 bits per heavy atom. The summed E-state index contributed by atoms with van der Waals surface area (Å²) in [4.78, 5) is 27.8. The molecular weight excluding hydrogens is 458 g/mol. The summed E-state index contributed by atoms with van der Waals surface area (Å²) >= 11 is 6.32. The molecule has 5 rings (SSSR count). The standard InChI is InChI=1S/C23H22ClN7O3/c24-17-5-1-2-6-18(17)31-11-16-21(29-31)26-14-27-23(16)34-19(12-30-9-15(10-30)13-32)22(33)28-20-7-3-4-8-25-20/h1-8,11,14-15,19,32H,9-10,12-13H2,(H,25,28,33)/t19-/m0/s1. The maximum absolute atomic E-state index is 13.1. The van der Waals surface area contributed by atoms with Gasteiger partial charge in [-0.05, 0) is 24.3 Å². The van der Waals surface area contributed by atoms with Crippen molar-refractivity contribution in [1.82, 2.24) is 29.6 Å². The highest BCUT2D eigenvalue weighted by atomic mass is 35.5. The highest BCUT2D eigenvalue weighted by Gasteiger charge is 2.32. The molecule has 11 heteroatoms. The maximum atomic E-state index is 13.1. The Morgan fingerprint density at radius 3 is 2.76 bits per heavy atom. The first-order valence-corrected chi connectivity index (χ1v) is 11.2. The molecule has 2 N–H and O–H groups in total. The average Bonchev–Trinajstić information content (AvgIpc) is 3.26. The van der Waals surface area contributed by atoms with Crippen LogP contribution in [-0.4, -0.2) is 73.0 Å². The Labute approximate surface area is 200 Å². The van der Waals surface area contributed by atoms with E-state index in [4.69, 9.17) is 16.3 Å². The number of aliphatic hydroxyl groups excluding tert-OH is 1. The van der Waals surface area contributed by atoms with Crippen LogP contribution in [0.5, 0.6) is 5.88 Å². The van der Waals surface area contributed by atoms with Crippen molar-refractivity contribution in [1.29, 1.82) is 0 Å². The number of halogens is 1. The van der Waals surface area contributed by atoms with E-state index in [0.29, 0.717) is 47.2 Å². The minimum Gasteiger partial charge on any atom is -0.462 e. The van der Waals surface area contributed by atoms with Crippen LogP contribution >= 0.6 is 11.6 Å². The topological polar surface area (TPSA) is 118 Å². The molecule has 0 spiro atoms. The van der Waals surface area contributed by atoms with Crippen LogP contribution < -0.4 is 10.1 Å². The number of amides is 1. The molecule has 1 aliphatic heterocycles. The number of carbonyl (C=O) groups excluding carboxylic acids is 1.